The molecule has 0 saturated carbocycles. The van der Waals surface area contributed by atoms with E-state index in [0.29, 0.717) is 19.3 Å². The zero-order valence-corrected chi connectivity index (χ0v) is 38.8. The predicted octanol–water partition coefficient (Wildman–Crippen LogP) is 16.1. The Morgan fingerprint density at radius 3 is 1.22 bits per heavy atom. The maximum atomic E-state index is 12.8. The molecule has 0 aromatic rings. The van der Waals surface area contributed by atoms with Gasteiger partial charge in [0.25, 0.3) is 0 Å². The maximum Gasteiger partial charge on any atom is 0.306 e. The van der Waals surface area contributed by atoms with Gasteiger partial charge < -0.3 is 14.2 Å². The zero-order valence-electron chi connectivity index (χ0n) is 38.8. The largest absolute Gasteiger partial charge is 0.462 e. The summed E-state index contributed by atoms with van der Waals surface area (Å²) in [6.07, 6.45) is 57.8. The normalized spacial score (nSPS) is 12.5. The molecule has 0 bridgehead atoms. The van der Waals surface area contributed by atoms with Crippen LogP contribution in [0, 0.1) is 0 Å². The Labute approximate surface area is 364 Å². The van der Waals surface area contributed by atoms with Crippen LogP contribution in [0.1, 0.15) is 239 Å². The lowest BCUT2D eigenvalue weighted by atomic mass is 10.0. The van der Waals surface area contributed by atoms with Gasteiger partial charge in [-0.25, -0.2) is 0 Å². The van der Waals surface area contributed by atoms with Gasteiger partial charge in [-0.1, -0.05) is 210 Å². The van der Waals surface area contributed by atoms with Gasteiger partial charge in [0.2, 0.25) is 0 Å². The first-order chi connectivity index (χ1) is 29.0. The third-order valence-electron chi connectivity index (χ3n) is 10.5. The number of rotatable bonds is 44. The van der Waals surface area contributed by atoms with E-state index in [9.17, 15) is 14.4 Å². The highest BCUT2D eigenvalue weighted by Crippen LogP contribution is 2.15. The second-order valence-electron chi connectivity index (χ2n) is 16.4. The molecule has 0 N–H and O–H groups in total. The second-order valence-corrected chi connectivity index (χ2v) is 16.4. The van der Waals surface area contributed by atoms with Crippen molar-refractivity contribution in [3.8, 4) is 0 Å². The summed E-state index contributed by atoms with van der Waals surface area (Å²) in [4.78, 5) is 37.8. The van der Waals surface area contributed by atoms with E-state index in [1.54, 1.807) is 0 Å². The highest BCUT2D eigenvalue weighted by atomic mass is 16.6. The molecule has 1 atom stereocenters. The molecule has 0 rings (SSSR count). The van der Waals surface area contributed by atoms with Crippen LogP contribution in [0.25, 0.3) is 0 Å². The number of esters is 3. The minimum absolute atomic E-state index is 0.0946. The minimum atomic E-state index is -0.795. The summed E-state index contributed by atoms with van der Waals surface area (Å²) in [6, 6.07) is 0. The third-order valence-corrected chi connectivity index (χ3v) is 10.5. The summed E-state index contributed by atoms with van der Waals surface area (Å²) >= 11 is 0. The van der Waals surface area contributed by atoms with Crippen molar-refractivity contribution in [1.29, 1.82) is 0 Å². The molecule has 0 fully saturated rings. The van der Waals surface area contributed by atoms with Crippen LogP contribution in [-0.2, 0) is 28.6 Å². The monoisotopic (exact) mass is 825 g/mol. The van der Waals surface area contributed by atoms with Gasteiger partial charge in [0.05, 0.1) is 0 Å². The molecule has 0 aromatic carbocycles. The molecule has 0 aliphatic rings. The van der Waals surface area contributed by atoms with Gasteiger partial charge in [0.15, 0.2) is 6.10 Å². The fourth-order valence-corrected chi connectivity index (χ4v) is 6.81. The highest BCUT2D eigenvalue weighted by Gasteiger charge is 2.19. The molecular weight excluding hydrogens is 733 g/mol. The molecule has 6 heteroatoms. The number of allylic oxidation sites excluding steroid dienone is 10. The predicted molar refractivity (Wildman–Crippen MR) is 251 cm³/mol. The first-order valence-corrected chi connectivity index (χ1v) is 24.8. The van der Waals surface area contributed by atoms with Gasteiger partial charge in [0.1, 0.15) is 13.2 Å². The van der Waals surface area contributed by atoms with Crippen molar-refractivity contribution in [2.45, 2.75) is 245 Å². The molecule has 0 amide bonds. The molecular formula is C53H92O6. The number of hydrogen-bond acceptors (Lipinski definition) is 6. The smallest absolute Gasteiger partial charge is 0.306 e. The summed E-state index contributed by atoms with van der Waals surface area (Å²) < 4.78 is 16.7. The zero-order chi connectivity index (χ0) is 43.0. The highest BCUT2D eigenvalue weighted by molar-refractivity contribution is 5.71. The van der Waals surface area contributed by atoms with E-state index in [1.165, 1.54) is 122 Å². The van der Waals surface area contributed by atoms with E-state index in [4.69, 9.17) is 14.2 Å². The molecule has 0 spiro atoms. The Kier molecular flexibility index (Phi) is 45.4. The van der Waals surface area contributed by atoms with Crippen molar-refractivity contribution >= 4 is 17.9 Å². The van der Waals surface area contributed by atoms with Gasteiger partial charge in [-0.2, -0.15) is 0 Å². The molecule has 1 unspecified atom stereocenters. The minimum Gasteiger partial charge on any atom is -0.462 e. The van der Waals surface area contributed by atoms with Crippen LogP contribution in [-0.4, -0.2) is 37.2 Å². The fourth-order valence-electron chi connectivity index (χ4n) is 6.81. The molecule has 0 heterocycles. The Morgan fingerprint density at radius 1 is 0.373 bits per heavy atom. The quantitative estimate of drug-likeness (QED) is 0.0200. The molecule has 340 valence electrons. The van der Waals surface area contributed by atoms with Crippen LogP contribution in [0.3, 0.4) is 0 Å². The van der Waals surface area contributed by atoms with Crippen molar-refractivity contribution in [2.75, 3.05) is 13.2 Å². The molecule has 0 radical (unpaired) electrons. The van der Waals surface area contributed by atoms with Crippen LogP contribution < -0.4 is 0 Å². The lowest BCUT2D eigenvalue weighted by Gasteiger charge is -2.18. The van der Waals surface area contributed by atoms with Crippen LogP contribution in [0.2, 0.25) is 0 Å². The lowest BCUT2D eigenvalue weighted by Crippen LogP contribution is -2.30. The van der Waals surface area contributed by atoms with Crippen molar-refractivity contribution in [3.63, 3.8) is 0 Å². The average Bonchev–Trinajstić information content (AvgIpc) is 3.23. The molecule has 0 aliphatic carbocycles. The van der Waals surface area contributed by atoms with Gasteiger partial charge in [-0.3, -0.25) is 14.4 Å². The third kappa shape index (κ3) is 46.0. The molecule has 59 heavy (non-hydrogen) atoms. The Balaban J connectivity index is 4.42. The Morgan fingerprint density at radius 2 is 0.729 bits per heavy atom. The number of hydrogen-bond donors (Lipinski definition) is 0. The van der Waals surface area contributed by atoms with Crippen LogP contribution in [0.15, 0.2) is 60.8 Å². The fraction of sp³-hybridized carbons (Fsp3) is 0.755. The van der Waals surface area contributed by atoms with Crippen LogP contribution in [0.5, 0.6) is 0 Å². The summed E-state index contributed by atoms with van der Waals surface area (Å²) in [5.74, 6) is -0.958. The van der Waals surface area contributed by atoms with E-state index >= 15 is 0 Å². The maximum absolute atomic E-state index is 12.8. The number of carbonyl (C=O) groups is 3. The van der Waals surface area contributed by atoms with Gasteiger partial charge in [-0.15, -0.1) is 0 Å². The summed E-state index contributed by atoms with van der Waals surface area (Å²) in [5.41, 5.74) is 0. The van der Waals surface area contributed by atoms with Gasteiger partial charge in [0, 0.05) is 19.3 Å². The standard InChI is InChI=1S/C53H92O6/c1-4-7-10-13-16-19-22-24-26-28-31-34-37-40-43-46-52(55)58-49-50(48-57-51(54)45-42-39-36-33-30-21-18-15-12-9-6-3)59-53(56)47-44-41-38-35-32-29-27-25-23-20-17-14-11-8-5-2/h9,12,16,18-19,21-22,24,33,36,50H,4-8,10-11,13-15,17,20,23,25-32,34-35,37-49H2,1-3H3/b12-9-,19-16-,21-18-,24-22-,36-33-. The summed E-state index contributed by atoms with van der Waals surface area (Å²) in [6.45, 7) is 6.44. The van der Waals surface area contributed by atoms with E-state index in [-0.39, 0.29) is 37.5 Å². The Bertz CT molecular complexity index is 1090. The second kappa shape index (κ2) is 47.8. The van der Waals surface area contributed by atoms with Crippen molar-refractivity contribution in [3.05, 3.63) is 60.8 Å². The Hall–Kier alpha value is -2.89. The first-order valence-electron chi connectivity index (χ1n) is 24.8. The van der Waals surface area contributed by atoms with Crippen molar-refractivity contribution in [1.82, 2.24) is 0 Å². The van der Waals surface area contributed by atoms with E-state index in [0.717, 1.165) is 70.6 Å². The first kappa shape index (κ1) is 56.1. The lowest BCUT2D eigenvalue weighted by molar-refractivity contribution is -0.167. The van der Waals surface area contributed by atoms with Gasteiger partial charge in [-0.05, 0) is 70.6 Å². The number of ether oxygens (including phenoxy) is 3. The summed E-state index contributed by atoms with van der Waals surface area (Å²) in [5, 5.41) is 0. The topological polar surface area (TPSA) is 78.9 Å². The van der Waals surface area contributed by atoms with E-state index in [1.807, 2.05) is 0 Å². The number of unbranched alkanes of at least 4 members (excludes halogenated alkanes) is 24. The van der Waals surface area contributed by atoms with Crippen molar-refractivity contribution in [2.24, 2.45) is 0 Å². The number of carbonyl (C=O) groups excluding carboxylic acids is 3. The summed E-state index contributed by atoms with van der Waals surface area (Å²) in [7, 11) is 0. The SMILES string of the molecule is CC/C=C\C/C=C\C/C=C\CCCC(=O)OCC(COC(=O)CCCCCCCC/C=C\C=C/CCCCC)OC(=O)CCCCCCCCCCCCCCCCC. The molecule has 6 nitrogen and oxygen atoms in total. The molecule has 0 saturated heterocycles. The van der Waals surface area contributed by atoms with Crippen LogP contribution in [0.4, 0.5) is 0 Å². The molecule has 0 aromatic heterocycles. The van der Waals surface area contributed by atoms with E-state index in [2.05, 4.69) is 81.5 Å². The average molecular weight is 825 g/mol. The van der Waals surface area contributed by atoms with E-state index < -0.39 is 6.10 Å². The van der Waals surface area contributed by atoms with Gasteiger partial charge >= 0.3 is 17.9 Å². The van der Waals surface area contributed by atoms with Crippen LogP contribution >= 0.6 is 0 Å². The molecule has 0 aliphatic heterocycles. The van der Waals surface area contributed by atoms with Crippen molar-refractivity contribution < 1.29 is 28.6 Å².